The number of hydrogen-bond donors (Lipinski definition) is 2. The highest BCUT2D eigenvalue weighted by atomic mass is 35.5. The van der Waals surface area contributed by atoms with Crippen LogP contribution in [0, 0.1) is 5.82 Å². The minimum absolute atomic E-state index is 0.103. The predicted molar refractivity (Wildman–Crippen MR) is 99.3 cm³/mol. The van der Waals surface area contributed by atoms with Gasteiger partial charge in [0.15, 0.2) is 6.29 Å². The van der Waals surface area contributed by atoms with Gasteiger partial charge in [0.25, 0.3) is 0 Å². The van der Waals surface area contributed by atoms with Gasteiger partial charge in [0, 0.05) is 17.0 Å². The lowest BCUT2D eigenvalue weighted by molar-refractivity contribution is 0.112. The van der Waals surface area contributed by atoms with Gasteiger partial charge >= 0.3 is 0 Å². The molecule has 3 nitrogen and oxygen atoms in total. The Balaban J connectivity index is 1.95. The van der Waals surface area contributed by atoms with E-state index in [9.17, 15) is 9.18 Å². The lowest BCUT2D eigenvalue weighted by Gasteiger charge is -2.19. The second-order valence-electron chi connectivity index (χ2n) is 6.25. The fourth-order valence-corrected chi connectivity index (χ4v) is 3.14. The number of hydrogen-bond acceptors (Lipinski definition) is 2. The first-order chi connectivity index (χ1) is 12.0. The van der Waals surface area contributed by atoms with Crippen LogP contribution in [0.3, 0.4) is 0 Å². The first-order valence-corrected chi connectivity index (χ1v) is 8.69. The van der Waals surface area contributed by atoms with Crippen molar-refractivity contribution in [3.8, 4) is 0 Å². The SMILES string of the molecule is CCC(C)c1[nH]c(C2=CC(c3ccc(F)c(Cl)c3)NC=C2)cc1C=O. The maximum absolute atomic E-state index is 13.4. The molecule has 2 unspecified atom stereocenters. The number of allylic oxidation sites excluding steroid dienone is 2. The summed E-state index contributed by atoms with van der Waals surface area (Å²) in [4.78, 5) is 14.8. The summed E-state index contributed by atoms with van der Waals surface area (Å²) >= 11 is 5.89. The van der Waals surface area contributed by atoms with Crippen LogP contribution in [-0.4, -0.2) is 11.3 Å². The van der Waals surface area contributed by atoms with E-state index in [0.717, 1.165) is 35.2 Å². The molecule has 2 aromatic rings. The minimum atomic E-state index is -0.431. The minimum Gasteiger partial charge on any atom is -0.381 e. The Hall–Kier alpha value is -2.33. The molecule has 1 aliphatic heterocycles. The molecule has 3 rings (SSSR count). The Labute approximate surface area is 151 Å². The van der Waals surface area contributed by atoms with Crippen LogP contribution < -0.4 is 5.32 Å². The van der Waals surface area contributed by atoms with Gasteiger partial charge in [-0.15, -0.1) is 0 Å². The average Bonchev–Trinajstić information content (AvgIpc) is 3.08. The smallest absolute Gasteiger partial charge is 0.151 e. The van der Waals surface area contributed by atoms with E-state index in [2.05, 4.69) is 24.1 Å². The lowest BCUT2D eigenvalue weighted by atomic mass is 9.99. The van der Waals surface area contributed by atoms with Gasteiger partial charge in [-0.3, -0.25) is 4.79 Å². The van der Waals surface area contributed by atoms with Crippen LogP contribution >= 0.6 is 11.6 Å². The summed E-state index contributed by atoms with van der Waals surface area (Å²) in [6.45, 7) is 4.19. The van der Waals surface area contributed by atoms with E-state index in [1.54, 1.807) is 12.1 Å². The molecule has 1 aliphatic rings. The van der Waals surface area contributed by atoms with Crippen LogP contribution in [0.1, 0.15) is 59.5 Å². The van der Waals surface area contributed by atoms with Crippen molar-refractivity contribution in [2.75, 3.05) is 0 Å². The van der Waals surface area contributed by atoms with Crippen molar-refractivity contribution in [2.24, 2.45) is 0 Å². The van der Waals surface area contributed by atoms with Gasteiger partial charge in [-0.25, -0.2) is 4.39 Å². The Bertz CT molecular complexity index is 853. The number of benzene rings is 1. The molecule has 0 saturated heterocycles. The third kappa shape index (κ3) is 3.54. The first kappa shape index (κ1) is 17.5. The highest BCUT2D eigenvalue weighted by Crippen LogP contribution is 2.30. The van der Waals surface area contributed by atoms with Crippen LogP contribution in [0.15, 0.2) is 42.6 Å². The second-order valence-corrected chi connectivity index (χ2v) is 6.66. The maximum Gasteiger partial charge on any atom is 0.151 e. The van der Waals surface area contributed by atoms with Crippen LogP contribution in [0.2, 0.25) is 5.02 Å². The Morgan fingerprint density at radius 1 is 1.36 bits per heavy atom. The molecule has 1 aromatic heterocycles. The quantitative estimate of drug-likeness (QED) is 0.705. The van der Waals surface area contributed by atoms with E-state index >= 15 is 0 Å². The Kier molecular flexibility index (Phi) is 5.09. The molecule has 0 spiro atoms. The molecule has 25 heavy (non-hydrogen) atoms. The van der Waals surface area contributed by atoms with Crippen LogP contribution in [0.25, 0.3) is 5.57 Å². The number of dihydropyridines is 1. The van der Waals surface area contributed by atoms with E-state index in [-0.39, 0.29) is 17.0 Å². The number of H-pyrrole nitrogens is 1. The molecular weight excluding hydrogens is 339 g/mol. The fourth-order valence-electron chi connectivity index (χ4n) is 2.95. The molecule has 0 fully saturated rings. The van der Waals surface area contributed by atoms with E-state index < -0.39 is 5.82 Å². The molecule has 2 heterocycles. The number of aromatic amines is 1. The van der Waals surface area contributed by atoms with E-state index in [4.69, 9.17) is 11.6 Å². The van der Waals surface area contributed by atoms with Crippen molar-refractivity contribution in [2.45, 2.75) is 32.2 Å². The normalized spacial score (nSPS) is 17.8. The molecular formula is C20H20ClFN2O. The Morgan fingerprint density at radius 3 is 2.84 bits per heavy atom. The molecule has 5 heteroatoms. The molecule has 2 N–H and O–H groups in total. The maximum atomic E-state index is 13.4. The van der Waals surface area contributed by atoms with E-state index in [1.807, 2.05) is 24.4 Å². The number of nitrogens with one attached hydrogen (secondary N) is 2. The van der Waals surface area contributed by atoms with Crippen molar-refractivity contribution in [3.63, 3.8) is 0 Å². The van der Waals surface area contributed by atoms with Gasteiger partial charge in [0.1, 0.15) is 5.82 Å². The number of aromatic nitrogens is 1. The van der Waals surface area contributed by atoms with Crippen LogP contribution in [-0.2, 0) is 0 Å². The zero-order valence-electron chi connectivity index (χ0n) is 14.1. The number of rotatable bonds is 5. The summed E-state index contributed by atoms with van der Waals surface area (Å²) in [6, 6.07) is 6.46. The molecule has 0 amide bonds. The summed E-state index contributed by atoms with van der Waals surface area (Å²) < 4.78 is 13.4. The standard InChI is InChI=1S/C20H20ClFN2O/c1-3-12(2)20-15(11-25)10-19(24-20)14-6-7-23-18(9-14)13-4-5-17(22)16(21)8-13/h4-12,18,23-24H,3H2,1-2H3. The first-order valence-electron chi connectivity index (χ1n) is 8.31. The number of halogens is 2. The topological polar surface area (TPSA) is 44.9 Å². The highest BCUT2D eigenvalue weighted by molar-refractivity contribution is 6.30. The van der Waals surface area contributed by atoms with Crippen LogP contribution in [0.4, 0.5) is 4.39 Å². The summed E-state index contributed by atoms with van der Waals surface area (Å²) in [7, 11) is 0. The lowest BCUT2D eigenvalue weighted by Crippen LogP contribution is -2.16. The second kappa shape index (κ2) is 7.28. The highest BCUT2D eigenvalue weighted by Gasteiger charge is 2.18. The number of carbonyl (C=O) groups excluding carboxylic acids is 1. The van der Waals surface area contributed by atoms with Gasteiger partial charge in [-0.2, -0.15) is 0 Å². The zero-order chi connectivity index (χ0) is 18.0. The van der Waals surface area contributed by atoms with E-state index in [0.29, 0.717) is 5.56 Å². The fraction of sp³-hybridized carbons (Fsp3) is 0.250. The van der Waals surface area contributed by atoms with Crippen LogP contribution in [0.5, 0.6) is 0 Å². The molecule has 2 atom stereocenters. The third-order valence-electron chi connectivity index (χ3n) is 4.61. The predicted octanol–water partition coefficient (Wildman–Crippen LogP) is 5.37. The Morgan fingerprint density at radius 2 is 2.16 bits per heavy atom. The largest absolute Gasteiger partial charge is 0.381 e. The van der Waals surface area contributed by atoms with Crippen molar-refractivity contribution < 1.29 is 9.18 Å². The molecule has 0 bridgehead atoms. The van der Waals surface area contributed by atoms with Gasteiger partial charge in [0.05, 0.1) is 11.1 Å². The van der Waals surface area contributed by atoms with Crippen molar-refractivity contribution in [1.29, 1.82) is 0 Å². The zero-order valence-corrected chi connectivity index (χ0v) is 14.9. The molecule has 0 radical (unpaired) electrons. The molecule has 0 saturated carbocycles. The van der Waals surface area contributed by atoms with Gasteiger partial charge in [-0.1, -0.05) is 31.5 Å². The van der Waals surface area contributed by atoms with Gasteiger partial charge < -0.3 is 10.3 Å². The average molecular weight is 359 g/mol. The van der Waals surface area contributed by atoms with Crippen molar-refractivity contribution in [1.82, 2.24) is 10.3 Å². The summed E-state index contributed by atoms with van der Waals surface area (Å²) in [5.74, 6) is -0.147. The molecule has 130 valence electrons. The molecule has 1 aromatic carbocycles. The van der Waals surface area contributed by atoms with E-state index in [1.165, 1.54) is 6.07 Å². The summed E-state index contributed by atoms with van der Waals surface area (Å²) in [5, 5.41) is 3.33. The molecule has 0 aliphatic carbocycles. The summed E-state index contributed by atoms with van der Waals surface area (Å²) in [5.41, 5.74) is 4.40. The monoisotopic (exact) mass is 358 g/mol. The van der Waals surface area contributed by atoms with Gasteiger partial charge in [-0.05, 0) is 60.0 Å². The summed E-state index contributed by atoms with van der Waals surface area (Å²) in [6.07, 6.45) is 7.67. The number of carbonyl (C=O) groups is 1. The van der Waals surface area contributed by atoms with Crippen molar-refractivity contribution in [3.05, 3.63) is 76.0 Å². The van der Waals surface area contributed by atoms with Crippen molar-refractivity contribution >= 4 is 23.5 Å². The van der Waals surface area contributed by atoms with Gasteiger partial charge in [0.2, 0.25) is 0 Å². The third-order valence-corrected chi connectivity index (χ3v) is 4.90. The number of aldehydes is 1.